The molecule has 26 heavy (non-hydrogen) atoms. The molecule has 0 spiro atoms. The number of rotatable bonds is 7. The van der Waals surface area contributed by atoms with Crippen LogP contribution in [0.4, 0.5) is 11.4 Å². The number of thiophene rings is 1. The largest absolute Gasteiger partial charge is 0.379 e. The minimum Gasteiger partial charge on any atom is -0.379 e. The van der Waals surface area contributed by atoms with Gasteiger partial charge in [0.15, 0.2) is 0 Å². The number of nitro groups is 1. The molecule has 1 saturated heterocycles. The molecule has 1 fully saturated rings. The predicted molar refractivity (Wildman–Crippen MR) is 102 cm³/mol. The molecule has 0 saturated carbocycles. The van der Waals surface area contributed by atoms with Crippen LogP contribution in [0.3, 0.4) is 0 Å². The Morgan fingerprint density at radius 1 is 1.19 bits per heavy atom. The number of hydrogen-bond donors (Lipinski definition) is 1. The number of sulfonamides is 1. The summed E-state index contributed by atoms with van der Waals surface area (Å²) in [6, 6.07) is 8.07. The molecule has 140 valence electrons. The van der Waals surface area contributed by atoms with E-state index in [1.807, 2.05) is 17.5 Å². The molecule has 1 aromatic heterocycles. The van der Waals surface area contributed by atoms with Gasteiger partial charge in [0.1, 0.15) is 5.69 Å². The molecule has 0 atom stereocenters. The third kappa shape index (κ3) is 4.22. The molecular formula is C17H21N3O4S2. The molecule has 1 aliphatic heterocycles. The van der Waals surface area contributed by atoms with Crippen molar-refractivity contribution in [1.82, 2.24) is 4.31 Å². The maximum Gasteiger partial charge on any atom is 0.293 e. The van der Waals surface area contributed by atoms with E-state index in [0.717, 1.165) is 31.7 Å². The Morgan fingerprint density at radius 3 is 2.62 bits per heavy atom. The topological polar surface area (TPSA) is 92.5 Å². The van der Waals surface area contributed by atoms with Crippen LogP contribution >= 0.6 is 11.3 Å². The lowest BCUT2D eigenvalue weighted by Gasteiger charge is -2.25. The molecule has 0 bridgehead atoms. The lowest BCUT2D eigenvalue weighted by molar-refractivity contribution is -0.384. The third-order valence-electron chi connectivity index (χ3n) is 4.39. The zero-order chi connectivity index (χ0) is 18.6. The van der Waals surface area contributed by atoms with Crippen molar-refractivity contribution in [3.05, 3.63) is 50.7 Å². The summed E-state index contributed by atoms with van der Waals surface area (Å²) in [5, 5.41) is 16.5. The highest BCUT2D eigenvalue weighted by Gasteiger charge is 2.28. The molecule has 0 aliphatic carbocycles. The molecular weight excluding hydrogens is 374 g/mol. The summed E-state index contributed by atoms with van der Waals surface area (Å²) in [6.07, 6.45) is 3.41. The Morgan fingerprint density at radius 2 is 1.96 bits per heavy atom. The van der Waals surface area contributed by atoms with Crippen molar-refractivity contribution in [3.8, 4) is 0 Å². The smallest absolute Gasteiger partial charge is 0.293 e. The van der Waals surface area contributed by atoms with Crippen LogP contribution in [0.5, 0.6) is 0 Å². The van der Waals surface area contributed by atoms with Crippen molar-refractivity contribution in [2.75, 3.05) is 25.0 Å². The average molecular weight is 396 g/mol. The third-order valence-corrected chi connectivity index (χ3v) is 7.22. The van der Waals surface area contributed by atoms with E-state index in [9.17, 15) is 18.5 Å². The summed E-state index contributed by atoms with van der Waals surface area (Å²) in [7, 11) is -3.69. The average Bonchev–Trinajstić information content (AvgIpc) is 3.16. The standard InChI is InChI=1S/C17H21N3O4S2/c21-20(22)17-13-15(26(23,24)19-10-2-1-3-11-19)6-7-16(17)18-9-8-14-5-4-12-25-14/h4-7,12-13,18H,1-3,8-11H2. The lowest BCUT2D eigenvalue weighted by Crippen LogP contribution is -2.35. The van der Waals surface area contributed by atoms with Crippen LogP contribution in [-0.4, -0.2) is 37.3 Å². The van der Waals surface area contributed by atoms with Crippen LogP contribution in [0.1, 0.15) is 24.1 Å². The number of nitrogens with one attached hydrogen (secondary N) is 1. The van der Waals surface area contributed by atoms with Crippen LogP contribution in [-0.2, 0) is 16.4 Å². The molecule has 0 unspecified atom stereocenters. The molecule has 7 nitrogen and oxygen atoms in total. The Bertz CT molecular complexity index is 860. The minimum atomic E-state index is -3.69. The van der Waals surface area contributed by atoms with E-state index in [-0.39, 0.29) is 10.6 Å². The first-order chi connectivity index (χ1) is 12.5. The van der Waals surface area contributed by atoms with Crippen molar-refractivity contribution >= 4 is 32.7 Å². The summed E-state index contributed by atoms with van der Waals surface area (Å²) < 4.78 is 26.9. The van der Waals surface area contributed by atoms with Gasteiger partial charge in [-0.15, -0.1) is 11.3 Å². The molecule has 2 aromatic rings. The predicted octanol–water partition coefficient (Wildman–Crippen LogP) is 3.49. The number of benzene rings is 1. The van der Waals surface area contributed by atoms with Gasteiger partial charge < -0.3 is 5.32 Å². The van der Waals surface area contributed by atoms with Crippen molar-refractivity contribution in [2.45, 2.75) is 30.6 Å². The van der Waals surface area contributed by atoms with Crippen LogP contribution in [0.2, 0.25) is 0 Å². The molecule has 1 N–H and O–H groups in total. The van der Waals surface area contributed by atoms with Gasteiger partial charge in [0.2, 0.25) is 10.0 Å². The normalized spacial score (nSPS) is 15.7. The number of nitrogens with zero attached hydrogens (tertiary/aromatic N) is 2. The molecule has 0 radical (unpaired) electrons. The highest BCUT2D eigenvalue weighted by atomic mass is 32.2. The fourth-order valence-electron chi connectivity index (χ4n) is 3.00. The molecule has 2 heterocycles. The van der Waals surface area contributed by atoms with Crippen molar-refractivity contribution < 1.29 is 13.3 Å². The first-order valence-electron chi connectivity index (χ1n) is 8.53. The summed E-state index contributed by atoms with van der Waals surface area (Å²) >= 11 is 1.63. The van der Waals surface area contributed by atoms with E-state index in [2.05, 4.69) is 5.32 Å². The van der Waals surface area contributed by atoms with E-state index >= 15 is 0 Å². The minimum absolute atomic E-state index is 0.0186. The molecule has 9 heteroatoms. The first kappa shape index (κ1) is 18.8. The fourth-order valence-corrected chi connectivity index (χ4v) is 5.25. The number of hydrogen-bond acceptors (Lipinski definition) is 6. The Kier molecular flexibility index (Phi) is 5.90. The Labute approximate surface area is 156 Å². The maximum absolute atomic E-state index is 12.7. The summed E-state index contributed by atoms with van der Waals surface area (Å²) in [5.74, 6) is 0. The van der Waals surface area contributed by atoms with Gasteiger partial charge in [-0.3, -0.25) is 10.1 Å². The number of piperidine rings is 1. The van der Waals surface area contributed by atoms with E-state index in [0.29, 0.717) is 25.3 Å². The SMILES string of the molecule is O=[N+]([O-])c1cc(S(=O)(=O)N2CCCCC2)ccc1NCCc1cccs1. The van der Waals surface area contributed by atoms with Crippen molar-refractivity contribution in [1.29, 1.82) is 0 Å². The van der Waals surface area contributed by atoms with Gasteiger partial charge in [0.25, 0.3) is 5.69 Å². The Balaban J connectivity index is 1.78. The molecule has 1 aromatic carbocycles. The molecule has 1 aliphatic rings. The van der Waals surface area contributed by atoms with Gasteiger partial charge in [-0.1, -0.05) is 12.5 Å². The maximum atomic E-state index is 12.7. The van der Waals surface area contributed by atoms with Gasteiger partial charge in [-0.2, -0.15) is 4.31 Å². The zero-order valence-electron chi connectivity index (χ0n) is 14.3. The van der Waals surface area contributed by atoms with Gasteiger partial charge in [-0.25, -0.2) is 8.42 Å². The number of nitro benzene ring substituents is 1. The second-order valence-corrected chi connectivity index (χ2v) is 9.13. The van der Waals surface area contributed by atoms with Gasteiger partial charge in [0.05, 0.1) is 9.82 Å². The summed E-state index contributed by atoms with van der Waals surface area (Å²) in [6.45, 7) is 1.48. The van der Waals surface area contributed by atoms with Gasteiger partial charge in [0, 0.05) is 30.6 Å². The van der Waals surface area contributed by atoms with E-state index in [4.69, 9.17) is 0 Å². The van der Waals surface area contributed by atoms with Gasteiger partial charge in [-0.05, 0) is 42.8 Å². The fraction of sp³-hybridized carbons (Fsp3) is 0.412. The number of anilines is 1. The van der Waals surface area contributed by atoms with Crippen molar-refractivity contribution in [3.63, 3.8) is 0 Å². The first-order valence-corrected chi connectivity index (χ1v) is 10.9. The summed E-state index contributed by atoms with van der Waals surface area (Å²) in [5.41, 5.74) is 0.124. The Hall–Kier alpha value is -1.97. The van der Waals surface area contributed by atoms with Crippen molar-refractivity contribution in [2.24, 2.45) is 0 Å². The van der Waals surface area contributed by atoms with Crippen LogP contribution in [0.25, 0.3) is 0 Å². The highest BCUT2D eigenvalue weighted by molar-refractivity contribution is 7.89. The lowest BCUT2D eigenvalue weighted by atomic mass is 10.2. The van der Waals surface area contributed by atoms with Crippen LogP contribution in [0, 0.1) is 10.1 Å². The van der Waals surface area contributed by atoms with Crippen LogP contribution < -0.4 is 5.32 Å². The quantitative estimate of drug-likeness (QED) is 0.572. The second-order valence-electron chi connectivity index (χ2n) is 6.16. The van der Waals surface area contributed by atoms with Gasteiger partial charge >= 0.3 is 0 Å². The van der Waals surface area contributed by atoms with E-state index in [1.165, 1.54) is 21.3 Å². The zero-order valence-corrected chi connectivity index (χ0v) is 15.9. The van der Waals surface area contributed by atoms with E-state index < -0.39 is 14.9 Å². The monoisotopic (exact) mass is 395 g/mol. The highest BCUT2D eigenvalue weighted by Crippen LogP contribution is 2.30. The molecule has 0 amide bonds. The summed E-state index contributed by atoms with van der Waals surface area (Å²) in [4.78, 5) is 12.1. The second kappa shape index (κ2) is 8.15. The van der Waals surface area contributed by atoms with Crippen LogP contribution in [0.15, 0.2) is 40.6 Å². The van der Waals surface area contributed by atoms with E-state index in [1.54, 1.807) is 11.3 Å². The molecule has 3 rings (SSSR count).